The van der Waals surface area contributed by atoms with Crippen molar-refractivity contribution in [2.24, 2.45) is 0 Å². The Bertz CT molecular complexity index is 1410. The molecule has 4 aromatic rings. The van der Waals surface area contributed by atoms with Crippen LogP contribution in [0.4, 0.5) is 5.95 Å². The van der Waals surface area contributed by atoms with E-state index in [4.69, 9.17) is 21.3 Å². The van der Waals surface area contributed by atoms with E-state index >= 15 is 0 Å². The van der Waals surface area contributed by atoms with Crippen LogP contribution in [-0.4, -0.2) is 46.0 Å². The van der Waals surface area contributed by atoms with E-state index in [2.05, 4.69) is 5.32 Å². The summed E-state index contributed by atoms with van der Waals surface area (Å²) >= 11 is 6.06. The van der Waals surface area contributed by atoms with Gasteiger partial charge in [0.15, 0.2) is 0 Å². The van der Waals surface area contributed by atoms with Crippen molar-refractivity contribution in [3.63, 3.8) is 0 Å². The summed E-state index contributed by atoms with van der Waals surface area (Å²) < 4.78 is 7.08. The molecule has 190 valence electrons. The van der Waals surface area contributed by atoms with Gasteiger partial charge >= 0.3 is 0 Å². The summed E-state index contributed by atoms with van der Waals surface area (Å²) in [6.07, 6.45) is 1.87. The Morgan fingerprint density at radius 1 is 1.05 bits per heavy atom. The quantitative estimate of drug-likeness (QED) is 0.311. The van der Waals surface area contributed by atoms with Crippen LogP contribution in [0.25, 0.3) is 16.9 Å². The van der Waals surface area contributed by atoms with Gasteiger partial charge < -0.3 is 9.64 Å². The van der Waals surface area contributed by atoms with E-state index in [0.29, 0.717) is 28.0 Å². The monoisotopic (exact) mass is 516 g/mol. The molecule has 8 heteroatoms. The summed E-state index contributed by atoms with van der Waals surface area (Å²) in [4.78, 5) is 32.7. The maximum atomic E-state index is 13.2. The van der Waals surface area contributed by atoms with Crippen molar-refractivity contribution in [2.75, 3.05) is 19.0 Å². The van der Waals surface area contributed by atoms with Gasteiger partial charge in [-0.1, -0.05) is 41.9 Å². The minimum atomic E-state index is -0.355. The number of halogens is 1. The van der Waals surface area contributed by atoms with Gasteiger partial charge in [0.1, 0.15) is 12.3 Å². The van der Waals surface area contributed by atoms with Crippen LogP contribution in [-0.2, 0) is 4.79 Å². The molecule has 37 heavy (non-hydrogen) atoms. The zero-order valence-electron chi connectivity index (χ0n) is 21.2. The normalized spacial score (nSPS) is 10.9. The molecule has 4 rings (SSSR count). The molecule has 2 amide bonds. The van der Waals surface area contributed by atoms with Crippen LogP contribution >= 0.6 is 11.6 Å². The van der Waals surface area contributed by atoms with Crippen LogP contribution in [0.5, 0.6) is 5.75 Å². The second kappa shape index (κ2) is 11.3. The van der Waals surface area contributed by atoms with Gasteiger partial charge in [-0.15, -0.1) is 0 Å². The molecule has 0 spiro atoms. The predicted molar refractivity (Wildman–Crippen MR) is 147 cm³/mol. The molecular formula is C29H29ClN4O3. The smallest absolute Gasteiger partial charge is 0.254 e. The fraction of sp³-hybridized carbons (Fsp3) is 0.207. The Balaban J connectivity index is 1.62. The minimum absolute atomic E-state index is 0.134. The molecule has 1 aromatic heterocycles. The third kappa shape index (κ3) is 6.19. The molecule has 0 aliphatic heterocycles. The molecule has 0 unspecified atom stereocenters. The Kier molecular flexibility index (Phi) is 7.94. The van der Waals surface area contributed by atoms with Crippen LogP contribution in [0.1, 0.15) is 29.8 Å². The first-order valence-corrected chi connectivity index (χ1v) is 12.3. The SMILES string of the molecule is COc1cccc(C(=O)N(CC(=O)Nc2nc(-c3ccc(Cl)cc3)cn2-c2cccc(C)c2)C(C)C)c1. The fourth-order valence-electron chi connectivity index (χ4n) is 3.93. The minimum Gasteiger partial charge on any atom is -0.497 e. The Hall–Kier alpha value is -4.10. The van der Waals surface area contributed by atoms with E-state index in [0.717, 1.165) is 16.8 Å². The van der Waals surface area contributed by atoms with Gasteiger partial charge in [0.2, 0.25) is 11.9 Å². The number of carbonyl (C=O) groups excluding carboxylic acids is 2. The lowest BCUT2D eigenvalue weighted by molar-refractivity contribution is -0.117. The molecule has 0 radical (unpaired) electrons. The molecule has 1 heterocycles. The molecule has 7 nitrogen and oxygen atoms in total. The molecule has 0 saturated heterocycles. The van der Waals surface area contributed by atoms with Gasteiger partial charge in [0.05, 0.1) is 12.8 Å². The third-order valence-corrected chi connectivity index (χ3v) is 6.14. The van der Waals surface area contributed by atoms with Crippen molar-refractivity contribution in [3.05, 3.63) is 95.1 Å². The van der Waals surface area contributed by atoms with E-state index in [1.54, 1.807) is 43.5 Å². The largest absolute Gasteiger partial charge is 0.497 e. The maximum absolute atomic E-state index is 13.2. The standard InChI is InChI=1S/C29H29ClN4O3/c1-19(2)33(28(36)22-8-6-10-25(16-22)37-4)18-27(35)32-29-31-26(21-11-13-23(30)14-12-21)17-34(29)24-9-5-7-20(3)15-24/h5-17,19H,18H2,1-4H3,(H,31,32,35). The second-order valence-corrected chi connectivity index (χ2v) is 9.41. The zero-order valence-corrected chi connectivity index (χ0v) is 22.0. The number of nitrogens with zero attached hydrogens (tertiary/aromatic N) is 3. The number of aromatic nitrogens is 2. The molecule has 0 aliphatic rings. The highest BCUT2D eigenvalue weighted by molar-refractivity contribution is 6.30. The average Bonchev–Trinajstić information content (AvgIpc) is 3.30. The van der Waals surface area contributed by atoms with Crippen molar-refractivity contribution in [2.45, 2.75) is 26.8 Å². The number of nitrogens with one attached hydrogen (secondary N) is 1. The Labute approximate surface area is 221 Å². The molecule has 1 N–H and O–H groups in total. The molecule has 0 bridgehead atoms. The van der Waals surface area contributed by atoms with Crippen molar-refractivity contribution < 1.29 is 14.3 Å². The van der Waals surface area contributed by atoms with E-state index in [1.807, 2.05) is 67.9 Å². The molecule has 0 saturated carbocycles. The average molecular weight is 517 g/mol. The van der Waals surface area contributed by atoms with Gasteiger partial charge in [-0.2, -0.15) is 0 Å². The zero-order chi connectivity index (χ0) is 26.5. The molecule has 0 atom stereocenters. The van der Waals surface area contributed by atoms with Crippen molar-refractivity contribution >= 4 is 29.4 Å². The second-order valence-electron chi connectivity index (χ2n) is 8.97. The first kappa shape index (κ1) is 26.0. The van der Waals surface area contributed by atoms with Crippen molar-refractivity contribution in [3.8, 4) is 22.7 Å². The number of methoxy groups -OCH3 is 1. The summed E-state index contributed by atoms with van der Waals surface area (Å²) in [5, 5.41) is 3.54. The highest BCUT2D eigenvalue weighted by atomic mass is 35.5. The van der Waals surface area contributed by atoms with Crippen molar-refractivity contribution in [1.82, 2.24) is 14.5 Å². The Morgan fingerprint density at radius 3 is 2.46 bits per heavy atom. The van der Waals surface area contributed by atoms with Gasteiger partial charge in [0, 0.05) is 34.1 Å². The maximum Gasteiger partial charge on any atom is 0.254 e. The predicted octanol–water partition coefficient (Wildman–Crippen LogP) is 6.00. The lowest BCUT2D eigenvalue weighted by Gasteiger charge is -2.26. The highest BCUT2D eigenvalue weighted by Gasteiger charge is 2.23. The topological polar surface area (TPSA) is 76.5 Å². The number of ether oxygens (including phenoxy) is 1. The lowest BCUT2D eigenvalue weighted by Crippen LogP contribution is -2.42. The van der Waals surface area contributed by atoms with Gasteiger partial charge in [-0.3, -0.25) is 19.5 Å². The molecule has 0 fully saturated rings. The van der Waals surface area contributed by atoms with Crippen LogP contribution in [0.2, 0.25) is 5.02 Å². The van der Waals surface area contributed by atoms with E-state index in [1.165, 1.54) is 4.90 Å². The van der Waals surface area contributed by atoms with Crippen LogP contribution in [0.3, 0.4) is 0 Å². The Morgan fingerprint density at radius 2 is 1.78 bits per heavy atom. The number of aryl methyl sites for hydroxylation is 1. The van der Waals surface area contributed by atoms with Gasteiger partial charge in [0.25, 0.3) is 5.91 Å². The number of rotatable bonds is 8. The first-order valence-electron chi connectivity index (χ1n) is 11.9. The number of hydrogen-bond acceptors (Lipinski definition) is 4. The summed E-state index contributed by atoms with van der Waals surface area (Å²) in [6.45, 7) is 5.61. The fourth-order valence-corrected chi connectivity index (χ4v) is 4.06. The van der Waals surface area contributed by atoms with Crippen LogP contribution in [0.15, 0.2) is 79.0 Å². The highest BCUT2D eigenvalue weighted by Crippen LogP contribution is 2.26. The third-order valence-electron chi connectivity index (χ3n) is 5.89. The van der Waals surface area contributed by atoms with Crippen LogP contribution in [0, 0.1) is 6.92 Å². The first-order chi connectivity index (χ1) is 17.7. The number of imidazole rings is 1. The van der Waals surface area contributed by atoms with Gasteiger partial charge in [-0.05, 0) is 68.8 Å². The summed E-state index contributed by atoms with van der Waals surface area (Å²) in [7, 11) is 1.55. The number of anilines is 1. The van der Waals surface area contributed by atoms with E-state index < -0.39 is 0 Å². The number of benzene rings is 3. The van der Waals surface area contributed by atoms with Crippen LogP contribution < -0.4 is 10.1 Å². The lowest BCUT2D eigenvalue weighted by atomic mass is 10.1. The summed E-state index contributed by atoms with van der Waals surface area (Å²) in [6, 6.07) is 22.0. The molecule has 0 aliphatic carbocycles. The van der Waals surface area contributed by atoms with E-state index in [9.17, 15) is 9.59 Å². The summed E-state index contributed by atoms with van der Waals surface area (Å²) in [5.41, 5.74) is 3.93. The number of carbonyl (C=O) groups is 2. The summed E-state index contributed by atoms with van der Waals surface area (Å²) in [5.74, 6) is 0.326. The number of hydrogen-bond donors (Lipinski definition) is 1. The van der Waals surface area contributed by atoms with Gasteiger partial charge in [-0.25, -0.2) is 4.98 Å². The van der Waals surface area contributed by atoms with Crippen molar-refractivity contribution in [1.29, 1.82) is 0 Å². The number of amides is 2. The molecular weight excluding hydrogens is 488 g/mol. The van der Waals surface area contributed by atoms with E-state index in [-0.39, 0.29) is 24.4 Å². The molecule has 3 aromatic carbocycles.